The predicted octanol–water partition coefficient (Wildman–Crippen LogP) is 4.41. The highest BCUT2D eigenvalue weighted by Gasteiger charge is 2.15. The fourth-order valence-electron chi connectivity index (χ4n) is 4.62. The minimum atomic E-state index is -0.166. The number of nitrogens with zero attached hydrogens (tertiary/aromatic N) is 3. The van der Waals surface area contributed by atoms with Gasteiger partial charge < -0.3 is 20.1 Å². The number of aryl methyl sites for hydroxylation is 1. The van der Waals surface area contributed by atoms with E-state index in [2.05, 4.69) is 44.3 Å². The fourth-order valence-corrected chi connectivity index (χ4v) is 4.62. The Kier molecular flexibility index (Phi) is 7.14. The highest BCUT2D eigenvalue weighted by molar-refractivity contribution is 6.04. The Bertz CT molecular complexity index is 1420. The molecule has 0 fully saturated rings. The molecule has 0 radical (unpaired) electrons. The minimum absolute atomic E-state index is 0.153. The van der Waals surface area contributed by atoms with Crippen LogP contribution >= 0.6 is 0 Å². The first-order valence-corrected chi connectivity index (χ1v) is 12.5. The summed E-state index contributed by atoms with van der Waals surface area (Å²) in [6.45, 7) is 4.96. The zero-order chi connectivity index (χ0) is 25.8. The van der Waals surface area contributed by atoms with E-state index in [-0.39, 0.29) is 11.8 Å². The molecule has 1 aliphatic rings. The van der Waals surface area contributed by atoms with Gasteiger partial charge in [-0.25, -0.2) is 4.98 Å². The van der Waals surface area contributed by atoms with Crippen molar-refractivity contribution >= 4 is 17.5 Å². The van der Waals surface area contributed by atoms with Gasteiger partial charge >= 0.3 is 0 Å². The summed E-state index contributed by atoms with van der Waals surface area (Å²) in [5, 5.41) is 5.97. The normalized spacial score (nSPS) is 13.1. The van der Waals surface area contributed by atoms with Gasteiger partial charge in [-0.05, 0) is 79.0 Å². The van der Waals surface area contributed by atoms with E-state index in [1.807, 2.05) is 61.7 Å². The summed E-state index contributed by atoms with van der Waals surface area (Å²) in [5.41, 5.74) is 6.51. The molecular formula is C30H31N5O2. The van der Waals surface area contributed by atoms with E-state index < -0.39 is 0 Å². The molecule has 4 aromatic rings. The Morgan fingerprint density at radius 2 is 1.76 bits per heavy atom. The molecule has 1 aromatic heterocycles. The number of amides is 2. The second-order valence-electron chi connectivity index (χ2n) is 9.61. The topological polar surface area (TPSA) is 79.3 Å². The number of rotatable bonds is 7. The molecule has 1 aliphatic heterocycles. The molecule has 2 heterocycles. The van der Waals surface area contributed by atoms with Crippen LogP contribution in [0, 0.1) is 6.92 Å². The molecule has 2 N–H and O–H groups in total. The molecule has 37 heavy (non-hydrogen) atoms. The molecule has 3 aromatic carbocycles. The molecular weight excluding hydrogens is 462 g/mol. The molecule has 188 valence electrons. The summed E-state index contributed by atoms with van der Waals surface area (Å²) in [5.74, 6) is 0.633. The Balaban J connectivity index is 1.17. The van der Waals surface area contributed by atoms with Gasteiger partial charge in [-0.3, -0.25) is 9.59 Å². The second kappa shape index (κ2) is 10.8. The first-order chi connectivity index (χ1) is 17.9. The van der Waals surface area contributed by atoms with Gasteiger partial charge in [0.05, 0.1) is 0 Å². The van der Waals surface area contributed by atoms with E-state index in [1.54, 1.807) is 12.3 Å². The lowest BCUT2D eigenvalue weighted by molar-refractivity contribution is 0.0950. The number of imidazole rings is 1. The number of aromatic nitrogens is 2. The lowest BCUT2D eigenvalue weighted by Gasteiger charge is -2.25. The van der Waals surface area contributed by atoms with Crippen molar-refractivity contribution in [3.8, 4) is 0 Å². The average molecular weight is 494 g/mol. The fraction of sp³-hybridized carbons (Fsp3) is 0.233. The summed E-state index contributed by atoms with van der Waals surface area (Å²) in [6.07, 6.45) is 4.75. The van der Waals surface area contributed by atoms with E-state index in [9.17, 15) is 9.59 Å². The molecule has 0 aliphatic carbocycles. The van der Waals surface area contributed by atoms with Crippen molar-refractivity contribution in [2.45, 2.75) is 33.0 Å². The first-order valence-electron chi connectivity index (χ1n) is 12.5. The van der Waals surface area contributed by atoms with E-state index in [4.69, 9.17) is 0 Å². The van der Waals surface area contributed by atoms with E-state index >= 15 is 0 Å². The number of carbonyl (C=O) groups is 2. The molecule has 0 saturated carbocycles. The number of hydrogen-bond donors (Lipinski definition) is 2. The molecule has 0 saturated heterocycles. The molecule has 0 unspecified atom stereocenters. The minimum Gasteiger partial charge on any atom is -0.348 e. The summed E-state index contributed by atoms with van der Waals surface area (Å²) in [4.78, 5) is 32.1. The van der Waals surface area contributed by atoms with Gasteiger partial charge in [0.25, 0.3) is 11.8 Å². The van der Waals surface area contributed by atoms with Gasteiger partial charge in [0.2, 0.25) is 0 Å². The van der Waals surface area contributed by atoms with Crippen LogP contribution in [0.3, 0.4) is 0 Å². The SMILES string of the molecule is Cc1nccn1Cc1ccc(C(=O)NCc2cccc(C(=O)Nc3ccc4c(c3)CN(C)CC4)c2)cc1. The van der Waals surface area contributed by atoms with Gasteiger partial charge in [0, 0.05) is 55.4 Å². The third-order valence-corrected chi connectivity index (χ3v) is 6.80. The number of hydrogen-bond acceptors (Lipinski definition) is 4. The third kappa shape index (κ3) is 5.95. The van der Waals surface area contributed by atoms with Crippen LogP contribution in [-0.4, -0.2) is 39.9 Å². The van der Waals surface area contributed by atoms with Crippen LogP contribution in [0.1, 0.15) is 48.8 Å². The molecule has 7 heteroatoms. The monoisotopic (exact) mass is 493 g/mol. The van der Waals surface area contributed by atoms with Crippen molar-refractivity contribution in [2.24, 2.45) is 0 Å². The van der Waals surface area contributed by atoms with Crippen LogP contribution in [0.15, 0.2) is 79.1 Å². The smallest absolute Gasteiger partial charge is 0.255 e. The van der Waals surface area contributed by atoms with Crippen LogP contribution in [0.5, 0.6) is 0 Å². The molecule has 7 nitrogen and oxygen atoms in total. The number of carbonyl (C=O) groups excluding carboxylic acids is 2. The summed E-state index contributed by atoms with van der Waals surface area (Å²) in [7, 11) is 2.11. The van der Waals surface area contributed by atoms with Crippen molar-refractivity contribution < 1.29 is 9.59 Å². The van der Waals surface area contributed by atoms with Crippen LogP contribution in [0.2, 0.25) is 0 Å². The molecule has 0 atom stereocenters. The highest BCUT2D eigenvalue weighted by atomic mass is 16.2. The summed E-state index contributed by atoms with van der Waals surface area (Å²) < 4.78 is 2.06. The number of anilines is 1. The second-order valence-corrected chi connectivity index (χ2v) is 9.61. The van der Waals surface area contributed by atoms with E-state index in [0.29, 0.717) is 24.2 Å². The lowest BCUT2D eigenvalue weighted by atomic mass is 9.99. The lowest BCUT2D eigenvalue weighted by Crippen LogP contribution is -2.26. The van der Waals surface area contributed by atoms with Crippen molar-refractivity contribution in [3.63, 3.8) is 0 Å². The zero-order valence-corrected chi connectivity index (χ0v) is 21.2. The van der Waals surface area contributed by atoms with E-state index in [1.165, 1.54) is 11.1 Å². The summed E-state index contributed by atoms with van der Waals surface area (Å²) >= 11 is 0. The highest BCUT2D eigenvalue weighted by Crippen LogP contribution is 2.22. The van der Waals surface area contributed by atoms with E-state index in [0.717, 1.165) is 42.1 Å². The zero-order valence-electron chi connectivity index (χ0n) is 21.2. The van der Waals surface area contributed by atoms with Crippen molar-refractivity contribution in [1.82, 2.24) is 19.8 Å². The number of fused-ring (bicyclic) bond motifs is 1. The Morgan fingerprint density at radius 1 is 0.919 bits per heavy atom. The Labute approximate surface area is 217 Å². The Morgan fingerprint density at radius 3 is 2.54 bits per heavy atom. The first kappa shape index (κ1) is 24.5. The molecule has 5 rings (SSSR count). The van der Waals surface area contributed by atoms with Crippen molar-refractivity contribution in [1.29, 1.82) is 0 Å². The van der Waals surface area contributed by atoms with Crippen LogP contribution < -0.4 is 10.6 Å². The standard InChI is InChI=1S/C30H31N5O2/c1-21-31-13-15-35(21)19-22-6-8-25(9-7-22)29(36)32-18-23-4-3-5-26(16-23)30(37)33-28-11-10-24-12-14-34(2)20-27(24)17-28/h3-11,13,15-17H,12,14,18-20H2,1-2H3,(H,32,36)(H,33,37). The van der Waals surface area contributed by atoms with Gasteiger partial charge in [-0.15, -0.1) is 0 Å². The van der Waals surface area contributed by atoms with Crippen molar-refractivity contribution in [2.75, 3.05) is 18.9 Å². The van der Waals surface area contributed by atoms with Crippen LogP contribution in [-0.2, 0) is 26.1 Å². The Hall–Kier alpha value is -4.23. The van der Waals surface area contributed by atoms with Crippen LogP contribution in [0.4, 0.5) is 5.69 Å². The van der Waals surface area contributed by atoms with Gasteiger partial charge in [0.1, 0.15) is 5.82 Å². The third-order valence-electron chi connectivity index (χ3n) is 6.80. The molecule has 2 amide bonds. The quantitative estimate of drug-likeness (QED) is 0.400. The molecule has 0 bridgehead atoms. The van der Waals surface area contributed by atoms with Crippen molar-refractivity contribution in [3.05, 3.63) is 118 Å². The molecule has 0 spiro atoms. The maximum Gasteiger partial charge on any atom is 0.255 e. The van der Waals surface area contributed by atoms with Crippen LogP contribution in [0.25, 0.3) is 0 Å². The average Bonchev–Trinajstić information content (AvgIpc) is 3.31. The van der Waals surface area contributed by atoms with Gasteiger partial charge in [0.15, 0.2) is 0 Å². The predicted molar refractivity (Wildman–Crippen MR) is 145 cm³/mol. The number of benzene rings is 3. The van der Waals surface area contributed by atoms with Gasteiger partial charge in [-0.2, -0.15) is 0 Å². The number of likely N-dealkylation sites (N-methyl/N-ethyl adjacent to an activating group) is 1. The summed E-state index contributed by atoms with van der Waals surface area (Å²) in [6, 6.07) is 21.1. The van der Waals surface area contributed by atoms with Gasteiger partial charge in [-0.1, -0.05) is 30.3 Å². The largest absolute Gasteiger partial charge is 0.348 e. The maximum absolute atomic E-state index is 12.9. The number of nitrogens with one attached hydrogen (secondary N) is 2. The maximum atomic E-state index is 12.9.